The molecule has 5 nitrogen and oxygen atoms in total. The second-order valence-electron chi connectivity index (χ2n) is 22.1. The van der Waals surface area contributed by atoms with Crippen LogP contribution in [0.2, 0.25) is 0 Å². The molecule has 0 spiro atoms. The van der Waals surface area contributed by atoms with Crippen molar-refractivity contribution in [3.05, 3.63) is 158 Å². The van der Waals surface area contributed by atoms with Gasteiger partial charge in [0, 0.05) is 12.8 Å². The largest absolute Gasteiger partial charge is 0.462 e. The molecule has 1 N–H and O–H groups in total. The molecule has 0 aromatic heterocycles. The van der Waals surface area contributed by atoms with Crippen LogP contribution in [0, 0.1) is 0 Å². The average Bonchev–Trinajstić information content (AvgIpc) is 3.49. The second-order valence-corrected chi connectivity index (χ2v) is 22.1. The Morgan fingerprint density at radius 1 is 0.280 bits per heavy atom. The molecule has 82 heavy (non-hydrogen) atoms. The Bertz CT molecular complexity index is 1760. The van der Waals surface area contributed by atoms with E-state index in [1.807, 2.05) is 0 Å². The molecule has 0 amide bonds. The minimum absolute atomic E-state index is 0.0765. The number of aliphatic hydroxyl groups excluding tert-OH is 1. The van der Waals surface area contributed by atoms with Crippen molar-refractivity contribution in [2.24, 2.45) is 0 Å². The highest BCUT2D eigenvalue weighted by Gasteiger charge is 2.16. The van der Waals surface area contributed by atoms with Crippen molar-refractivity contribution >= 4 is 11.9 Å². The minimum Gasteiger partial charge on any atom is -0.462 e. The summed E-state index contributed by atoms with van der Waals surface area (Å²) in [5.41, 5.74) is 0. The van der Waals surface area contributed by atoms with Crippen molar-refractivity contribution in [2.45, 2.75) is 302 Å². The zero-order chi connectivity index (χ0) is 59.1. The maximum atomic E-state index is 12.4. The van der Waals surface area contributed by atoms with Gasteiger partial charge in [0.25, 0.3) is 0 Å². The average molecular weight is 1130 g/mol. The fraction of sp³-hybridized carbons (Fsp3) is 0.636. The van der Waals surface area contributed by atoms with Crippen LogP contribution in [0.4, 0.5) is 0 Å². The molecule has 0 saturated heterocycles. The molecule has 5 heteroatoms. The molecule has 1 unspecified atom stereocenters. The first-order valence-corrected chi connectivity index (χ1v) is 34.0. The molecule has 0 saturated carbocycles. The van der Waals surface area contributed by atoms with Gasteiger partial charge in [-0.3, -0.25) is 9.59 Å². The van der Waals surface area contributed by atoms with Crippen molar-refractivity contribution in [3.8, 4) is 0 Å². The van der Waals surface area contributed by atoms with E-state index in [2.05, 4.69) is 172 Å². The molecule has 0 radical (unpaired) electrons. The summed E-state index contributed by atoms with van der Waals surface area (Å²) in [6.07, 6.45) is 108. The number of hydrogen-bond donors (Lipinski definition) is 1. The fourth-order valence-corrected chi connectivity index (χ4v) is 9.31. The first-order chi connectivity index (χ1) is 40.6. The van der Waals surface area contributed by atoms with E-state index in [0.29, 0.717) is 12.8 Å². The summed E-state index contributed by atoms with van der Waals surface area (Å²) in [6, 6.07) is 0. The van der Waals surface area contributed by atoms with Crippen LogP contribution < -0.4 is 0 Å². The summed E-state index contributed by atoms with van der Waals surface area (Å²) in [5.74, 6) is -0.603. The smallest absolute Gasteiger partial charge is 0.306 e. The topological polar surface area (TPSA) is 72.8 Å². The van der Waals surface area contributed by atoms with Gasteiger partial charge in [0.15, 0.2) is 6.10 Å². The van der Waals surface area contributed by atoms with E-state index in [4.69, 9.17) is 9.47 Å². The maximum Gasteiger partial charge on any atom is 0.306 e. The molecule has 1 atom stereocenters. The third-order valence-electron chi connectivity index (χ3n) is 14.3. The normalized spacial score (nSPS) is 13.3. The van der Waals surface area contributed by atoms with Gasteiger partial charge in [0.1, 0.15) is 6.61 Å². The lowest BCUT2D eigenvalue weighted by atomic mass is 10.0. The molecule has 0 aromatic rings. The molecule has 464 valence electrons. The Kier molecular flexibility index (Phi) is 66.9. The lowest BCUT2D eigenvalue weighted by Crippen LogP contribution is -2.28. The molecule has 0 aromatic carbocycles. The zero-order valence-corrected chi connectivity index (χ0v) is 53.2. The van der Waals surface area contributed by atoms with Gasteiger partial charge in [-0.1, -0.05) is 320 Å². The first kappa shape index (κ1) is 77.5. The summed E-state index contributed by atoms with van der Waals surface area (Å²) >= 11 is 0. The Morgan fingerprint density at radius 3 is 0.732 bits per heavy atom. The van der Waals surface area contributed by atoms with Crippen molar-refractivity contribution < 1.29 is 24.2 Å². The summed E-state index contributed by atoms with van der Waals surface area (Å²) in [6.45, 7) is 3.91. The van der Waals surface area contributed by atoms with E-state index in [9.17, 15) is 14.7 Å². The van der Waals surface area contributed by atoms with Crippen molar-refractivity contribution in [3.63, 3.8) is 0 Å². The summed E-state index contributed by atoms with van der Waals surface area (Å²) < 4.78 is 10.7. The van der Waals surface area contributed by atoms with Gasteiger partial charge in [-0.25, -0.2) is 0 Å². The van der Waals surface area contributed by atoms with Crippen molar-refractivity contribution in [2.75, 3.05) is 13.2 Å². The first-order valence-electron chi connectivity index (χ1n) is 34.0. The van der Waals surface area contributed by atoms with E-state index in [1.54, 1.807) is 0 Å². The summed E-state index contributed by atoms with van der Waals surface area (Å²) in [4.78, 5) is 24.6. The van der Waals surface area contributed by atoms with E-state index < -0.39 is 6.10 Å². The van der Waals surface area contributed by atoms with Gasteiger partial charge in [0.2, 0.25) is 0 Å². The van der Waals surface area contributed by atoms with Crippen LogP contribution in [0.15, 0.2) is 158 Å². The Labute approximate surface area is 507 Å². The van der Waals surface area contributed by atoms with Crippen LogP contribution in [-0.2, 0) is 19.1 Å². The number of aliphatic hydroxyl groups is 1. The standard InChI is InChI=1S/C77H126O5/c1-3-5-7-9-11-13-15-17-19-21-23-25-27-29-31-33-34-35-36-37-38-39-40-41-42-44-45-47-49-51-53-55-57-59-61-63-65-67-69-71-76(79)81-74-75(73-78)82-77(80)72-70-68-66-64-62-60-58-56-54-52-50-48-46-43-32-30-28-26-24-22-20-18-16-14-12-10-8-6-4-2/h5-8,11-14,17-20,23-26,29-32,34-35,46,48,52,54,75,78H,3-4,9-10,15-16,21-22,27-28,33,36-45,47,49-51,53,55-74H2,1-2H3/b7-5-,8-6-,13-11-,14-12-,19-17-,20-18-,25-23-,26-24-,31-29-,32-30-,35-34-,48-46-,54-52-. The number of carbonyl (C=O) groups is 2. The van der Waals surface area contributed by atoms with Gasteiger partial charge < -0.3 is 14.6 Å². The Morgan fingerprint density at radius 2 is 0.488 bits per heavy atom. The quantitative estimate of drug-likeness (QED) is 0.0373. The third kappa shape index (κ3) is 68.0. The molecular formula is C77H126O5. The summed E-state index contributed by atoms with van der Waals surface area (Å²) in [5, 5.41) is 9.70. The number of ether oxygens (including phenoxy) is 2. The van der Waals surface area contributed by atoms with Crippen molar-refractivity contribution in [1.82, 2.24) is 0 Å². The van der Waals surface area contributed by atoms with E-state index in [0.717, 1.165) is 128 Å². The highest BCUT2D eigenvalue weighted by Crippen LogP contribution is 2.17. The molecule has 0 bridgehead atoms. The SMILES string of the molecule is CC/C=C\C/C=C\C/C=C\C/C=C\C/C=C\C/C=C\C/C=C\CCCCCCCCCC(=O)OC(CO)COC(=O)CCCCCCCCCCCCCCCCCCCCCC/C=C\C/C=C\C/C=C\C/C=C\C/C=C\C/C=C\CC. The molecule has 0 aliphatic rings. The minimum atomic E-state index is -0.789. The number of esters is 2. The van der Waals surface area contributed by atoms with Gasteiger partial charge in [-0.2, -0.15) is 0 Å². The third-order valence-corrected chi connectivity index (χ3v) is 14.3. The highest BCUT2D eigenvalue weighted by atomic mass is 16.6. The van der Waals surface area contributed by atoms with E-state index >= 15 is 0 Å². The Balaban J connectivity index is 3.51. The number of rotatable bonds is 61. The number of unbranched alkanes of at least 4 members (excludes halogenated alkanes) is 27. The van der Waals surface area contributed by atoms with Gasteiger partial charge in [0.05, 0.1) is 6.61 Å². The lowest BCUT2D eigenvalue weighted by molar-refractivity contribution is -0.161. The van der Waals surface area contributed by atoms with Crippen LogP contribution in [0.5, 0.6) is 0 Å². The van der Waals surface area contributed by atoms with Gasteiger partial charge in [-0.05, 0) is 122 Å². The van der Waals surface area contributed by atoms with Crippen molar-refractivity contribution in [1.29, 1.82) is 0 Å². The van der Waals surface area contributed by atoms with E-state index in [-0.39, 0.29) is 25.2 Å². The monoisotopic (exact) mass is 1130 g/mol. The number of allylic oxidation sites excluding steroid dienone is 26. The molecule has 0 aliphatic carbocycles. The Hall–Kier alpha value is -4.48. The van der Waals surface area contributed by atoms with Crippen LogP contribution in [0.25, 0.3) is 0 Å². The van der Waals surface area contributed by atoms with E-state index in [1.165, 1.54) is 141 Å². The maximum absolute atomic E-state index is 12.4. The van der Waals surface area contributed by atoms with Crippen LogP contribution in [0.1, 0.15) is 296 Å². The molecule has 0 heterocycles. The zero-order valence-electron chi connectivity index (χ0n) is 53.2. The molecule has 0 rings (SSSR count). The fourth-order valence-electron chi connectivity index (χ4n) is 9.31. The number of hydrogen-bond acceptors (Lipinski definition) is 5. The van der Waals surface area contributed by atoms with Gasteiger partial charge >= 0.3 is 11.9 Å². The van der Waals surface area contributed by atoms with Crippen LogP contribution in [-0.4, -0.2) is 36.4 Å². The predicted octanol–water partition coefficient (Wildman–Crippen LogP) is 23.9. The van der Waals surface area contributed by atoms with Crippen LogP contribution >= 0.6 is 0 Å². The number of carbonyl (C=O) groups excluding carboxylic acids is 2. The second kappa shape index (κ2) is 70.8. The predicted molar refractivity (Wildman–Crippen MR) is 361 cm³/mol. The molecule has 0 fully saturated rings. The summed E-state index contributed by atoms with van der Waals surface area (Å²) in [7, 11) is 0. The highest BCUT2D eigenvalue weighted by molar-refractivity contribution is 5.70. The van der Waals surface area contributed by atoms with Crippen LogP contribution in [0.3, 0.4) is 0 Å². The lowest BCUT2D eigenvalue weighted by Gasteiger charge is -2.15. The van der Waals surface area contributed by atoms with Gasteiger partial charge in [-0.15, -0.1) is 0 Å². The molecule has 0 aliphatic heterocycles. The molecular weight excluding hydrogens is 1000 g/mol.